The number of likely N-dealkylation sites (N-methyl/N-ethyl adjacent to an activating group) is 1. The minimum absolute atomic E-state index is 0.0426. The van der Waals surface area contributed by atoms with Gasteiger partial charge < -0.3 is 11.1 Å². The average Bonchev–Trinajstić information content (AvgIpc) is 2.74. The molecule has 2 unspecified atom stereocenters. The molecule has 1 aliphatic rings. The highest BCUT2D eigenvalue weighted by Crippen LogP contribution is 2.39. The molecule has 0 saturated carbocycles. The monoisotopic (exact) mass is 438 g/mol. The van der Waals surface area contributed by atoms with Crippen LogP contribution in [0.4, 0.5) is 11.4 Å². The molecule has 1 heterocycles. The second-order valence-electron chi connectivity index (χ2n) is 7.45. The summed E-state index contributed by atoms with van der Waals surface area (Å²) in [6, 6.07) is 16.9. The largest absolute Gasteiger partial charge is 0.402 e. The van der Waals surface area contributed by atoms with Crippen molar-refractivity contribution in [3.8, 4) is 0 Å². The number of aliphatic imine (C=N–C) groups is 1. The predicted molar refractivity (Wildman–Crippen MR) is 126 cm³/mol. The Morgan fingerprint density at radius 3 is 2.48 bits per heavy atom. The van der Waals surface area contributed by atoms with Crippen molar-refractivity contribution >= 4 is 40.6 Å². The molecule has 1 saturated heterocycles. The van der Waals surface area contributed by atoms with Gasteiger partial charge in [-0.15, -0.1) is 11.6 Å². The van der Waals surface area contributed by atoms with Crippen LogP contribution in [-0.2, 0) is 9.59 Å². The fourth-order valence-electron chi connectivity index (χ4n) is 3.74. The molecule has 0 spiro atoms. The molecule has 2 aromatic rings. The average molecular weight is 439 g/mol. The Kier molecular flexibility index (Phi) is 7.13. The molecule has 0 radical (unpaired) electrons. The maximum Gasteiger partial charge on any atom is 0.242 e. The topological polar surface area (TPSA) is 87.8 Å². The van der Waals surface area contributed by atoms with Crippen molar-refractivity contribution < 1.29 is 9.59 Å². The van der Waals surface area contributed by atoms with E-state index in [0.29, 0.717) is 23.8 Å². The highest BCUT2D eigenvalue weighted by atomic mass is 35.5. The van der Waals surface area contributed by atoms with E-state index in [1.807, 2.05) is 62.4 Å². The van der Waals surface area contributed by atoms with Crippen LogP contribution in [0, 0.1) is 0 Å². The number of nitrogens with one attached hydrogen (secondary N) is 1. The van der Waals surface area contributed by atoms with Gasteiger partial charge >= 0.3 is 0 Å². The van der Waals surface area contributed by atoms with E-state index in [1.165, 1.54) is 0 Å². The van der Waals surface area contributed by atoms with E-state index in [4.69, 9.17) is 22.3 Å². The van der Waals surface area contributed by atoms with E-state index < -0.39 is 5.38 Å². The van der Waals surface area contributed by atoms with Gasteiger partial charge in [-0.25, -0.2) is 4.99 Å². The van der Waals surface area contributed by atoms with Crippen molar-refractivity contribution in [3.05, 3.63) is 71.4 Å². The van der Waals surface area contributed by atoms with Crippen molar-refractivity contribution in [1.29, 1.82) is 0 Å². The van der Waals surface area contributed by atoms with Gasteiger partial charge in [-0.3, -0.25) is 14.5 Å². The number of carbonyl (C=O) groups is 2. The third-order valence-corrected chi connectivity index (χ3v) is 5.41. The summed E-state index contributed by atoms with van der Waals surface area (Å²) in [5.41, 5.74) is 9.87. The molecule has 3 N–H and O–H groups in total. The minimum atomic E-state index is -0.682. The zero-order chi connectivity index (χ0) is 22.5. The minimum Gasteiger partial charge on any atom is -0.402 e. The van der Waals surface area contributed by atoms with Crippen LogP contribution in [-0.4, -0.2) is 34.5 Å². The molecule has 7 heteroatoms. The zero-order valence-corrected chi connectivity index (χ0v) is 18.7. The van der Waals surface area contributed by atoms with Crippen LogP contribution in [0.25, 0.3) is 0 Å². The second kappa shape index (κ2) is 9.79. The number of amidine groups is 1. The Morgan fingerprint density at radius 2 is 1.87 bits per heavy atom. The van der Waals surface area contributed by atoms with Crippen LogP contribution < -0.4 is 11.1 Å². The van der Waals surface area contributed by atoms with Crippen LogP contribution in [0.3, 0.4) is 0 Å². The van der Waals surface area contributed by atoms with Crippen molar-refractivity contribution in [2.45, 2.75) is 38.5 Å². The molecule has 6 nitrogen and oxygen atoms in total. The van der Waals surface area contributed by atoms with Crippen LogP contribution in [0.1, 0.15) is 38.7 Å². The van der Waals surface area contributed by atoms with Gasteiger partial charge in [0.1, 0.15) is 11.2 Å². The van der Waals surface area contributed by atoms with E-state index >= 15 is 0 Å². The van der Waals surface area contributed by atoms with Gasteiger partial charge in [0.2, 0.25) is 11.8 Å². The summed E-state index contributed by atoms with van der Waals surface area (Å²) in [5, 5.41) is 2.19. The summed E-state index contributed by atoms with van der Waals surface area (Å²) in [5.74, 6) is -0.148. The number of hydrogen-bond donors (Lipinski definition) is 2. The van der Waals surface area contributed by atoms with Crippen LogP contribution in [0.2, 0.25) is 0 Å². The van der Waals surface area contributed by atoms with Gasteiger partial charge in [-0.05, 0) is 44.5 Å². The molecule has 31 heavy (non-hydrogen) atoms. The lowest BCUT2D eigenvalue weighted by Gasteiger charge is -2.36. The quantitative estimate of drug-likeness (QED) is 0.671. The van der Waals surface area contributed by atoms with E-state index in [-0.39, 0.29) is 24.2 Å². The summed E-state index contributed by atoms with van der Waals surface area (Å²) in [4.78, 5) is 31.8. The smallest absolute Gasteiger partial charge is 0.242 e. The van der Waals surface area contributed by atoms with Crippen LogP contribution in [0.5, 0.6) is 0 Å². The van der Waals surface area contributed by atoms with Crippen molar-refractivity contribution in [1.82, 2.24) is 4.90 Å². The Hall–Kier alpha value is -3.12. The van der Waals surface area contributed by atoms with Crippen LogP contribution in [0.15, 0.2) is 70.9 Å². The molecule has 0 aromatic heterocycles. The third-order valence-electron chi connectivity index (χ3n) is 5.21. The molecule has 1 fully saturated rings. The number of para-hydroxylation sites is 2. The molecule has 0 aliphatic carbocycles. The molecule has 1 aliphatic heterocycles. The van der Waals surface area contributed by atoms with E-state index in [2.05, 4.69) is 5.32 Å². The molecular formula is C24H27ClN4O2. The lowest BCUT2D eigenvalue weighted by molar-refractivity contribution is -0.128. The highest BCUT2D eigenvalue weighted by molar-refractivity contribution is 6.32. The van der Waals surface area contributed by atoms with E-state index in [9.17, 15) is 9.59 Å². The summed E-state index contributed by atoms with van der Waals surface area (Å²) in [6.45, 7) is 5.83. The summed E-state index contributed by atoms with van der Waals surface area (Å²) in [6.07, 6.45) is 0.231. The van der Waals surface area contributed by atoms with Gasteiger partial charge in [0.15, 0.2) is 0 Å². The number of benzene rings is 2. The molecule has 2 aromatic carbocycles. The van der Waals surface area contributed by atoms with Crippen LogP contribution >= 0.6 is 11.6 Å². The number of nitrogens with zero attached hydrogens (tertiary/aromatic N) is 2. The summed E-state index contributed by atoms with van der Waals surface area (Å²) >= 11 is 5.95. The number of amides is 2. The molecule has 162 valence electrons. The molecule has 2 amide bonds. The summed E-state index contributed by atoms with van der Waals surface area (Å²) < 4.78 is 0. The lowest BCUT2D eigenvalue weighted by Crippen LogP contribution is -2.45. The Labute approximate surface area is 187 Å². The zero-order valence-electron chi connectivity index (χ0n) is 17.9. The number of anilines is 1. The number of piperidine rings is 1. The number of carbonyl (C=O) groups excluding carboxylic acids is 2. The van der Waals surface area contributed by atoms with Gasteiger partial charge in [0.25, 0.3) is 0 Å². The van der Waals surface area contributed by atoms with Crippen molar-refractivity contribution in [2.75, 3.05) is 11.9 Å². The molecule has 0 bridgehead atoms. The van der Waals surface area contributed by atoms with Crippen molar-refractivity contribution in [3.63, 3.8) is 0 Å². The molecule has 2 atom stereocenters. The fraction of sp³-hybridized carbons (Fsp3) is 0.292. The Balaban J connectivity index is 2.14. The molecule has 3 rings (SSSR count). The van der Waals surface area contributed by atoms with Gasteiger partial charge in [-0.2, -0.15) is 0 Å². The first-order chi connectivity index (χ1) is 14.8. The number of alkyl halides is 1. The first-order valence-electron chi connectivity index (χ1n) is 10.3. The van der Waals surface area contributed by atoms with E-state index in [1.54, 1.807) is 17.9 Å². The number of nitrogens with two attached hydrogens (primary N) is 1. The standard InChI is InChI=1S/C24H27ClN4O2/c1-4-29-21(30)14-19(18-12-8-9-13-20(18)28-24(31)15(2)25)22(16(3)26)23(29)27-17-10-6-5-7-11-17/h5-13,15,19H,4,14,26H2,1-3H3,(H,28,31)/b22-16-,27-23?. The summed E-state index contributed by atoms with van der Waals surface area (Å²) in [7, 11) is 0. The SMILES string of the molecule is CCN1C(=O)CC(c2ccccc2NC(=O)C(C)Cl)/C(=C(\C)N)C1=Nc1ccccc1. The van der Waals surface area contributed by atoms with Crippen molar-refractivity contribution in [2.24, 2.45) is 10.7 Å². The van der Waals surface area contributed by atoms with Gasteiger partial charge in [0, 0.05) is 35.8 Å². The number of rotatable bonds is 5. The lowest BCUT2D eigenvalue weighted by atomic mass is 9.81. The molecular weight excluding hydrogens is 412 g/mol. The number of hydrogen-bond acceptors (Lipinski definition) is 4. The maximum atomic E-state index is 13.1. The second-order valence-corrected chi connectivity index (χ2v) is 8.11. The normalized spacial score (nSPS) is 20.5. The maximum absolute atomic E-state index is 13.1. The number of halogens is 1. The van der Waals surface area contributed by atoms with Gasteiger partial charge in [0.05, 0.1) is 5.69 Å². The van der Waals surface area contributed by atoms with Gasteiger partial charge in [-0.1, -0.05) is 36.4 Å². The predicted octanol–water partition coefficient (Wildman–Crippen LogP) is 4.55. The Morgan fingerprint density at radius 1 is 1.23 bits per heavy atom. The first-order valence-corrected chi connectivity index (χ1v) is 10.7. The highest BCUT2D eigenvalue weighted by Gasteiger charge is 2.37. The third kappa shape index (κ3) is 4.97. The number of allylic oxidation sites excluding steroid dienone is 1. The fourth-order valence-corrected chi connectivity index (χ4v) is 3.80. The first kappa shape index (κ1) is 22.6. The number of likely N-dealkylation sites (tertiary alicyclic amines) is 1. The van der Waals surface area contributed by atoms with E-state index in [0.717, 1.165) is 16.8 Å². The Bertz CT molecular complexity index is 1030.